The second-order valence-electron chi connectivity index (χ2n) is 9.53. The number of anilines is 1. The number of nitrogens with zero attached hydrogens (tertiary/aromatic N) is 3. The van der Waals surface area contributed by atoms with Gasteiger partial charge in [-0.1, -0.05) is 37.6 Å². The summed E-state index contributed by atoms with van der Waals surface area (Å²) in [5.41, 5.74) is 2.94. The summed E-state index contributed by atoms with van der Waals surface area (Å²) in [7, 11) is 4.70. The summed E-state index contributed by atoms with van der Waals surface area (Å²) in [6.45, 7) is 4.20. The molecule has 0 fully saturated rings. The number of ketones is 1. The van der Waals surface area contributed by atoms with Crippen LogP contribution in [0.2, 0.25) is 5.02 Å². The van der Waals surface area contributed by atoms with Gasteiger partial charge in [-0.15, -0.1) is 5.10 Å². The normalized spacial score (nSPS) is 18.5. The Morgan fingerprint density at radius 3 is 2.40 bits per heavy atom. The van der Waals surface area contributed by atoms with Gasteiger partial charge < -0.3 is 19.5 Å². The van der Waals surface area contributed by atoms with Crippen molar-refractivity contribution in [2.45, 2.75) is 32.7 Å². The van der Waals surface area contributed by atoms with Crippen LogP contribution in [0.3, 0.4) is 0 Å². The van der Waals surface area contributed by atoms with Gasteiger partial charge >= 0.3 is 0 Å². The lowest BCUT2D eigenvalue weighted by atomic mass is 9.73. The van der Waals surface area contributed by atoms with E-state index in [9.17, 15) is 4.79 Å². The number of fused-ring (bicyclic) bond motifs is 1. The van der Waals surface area contributed by atoms with E-state index in [1.807, 2.05) is 30.3 Å². The Hall–Kier alpha value is -3.52. The molecular formula is C26H27ClN4O4. The van der Waals surface area contributed by atoms with Crippen molar-refractivity contribution < 1.29 is 19.0 Å². The van der Waals surface area contributed by atoms with Crippen molar-refractivity contribution in [2.24, 2.45) is 5.41 Å². The number of hydrogen-bond donors (Lipinski definition) is 1. The molecule has 1 N–H and O–H groups in total. The number of aromatic nitrogens is 3. The van der Waals surface area contributed by atoms with Crippen molar-refractivity contribution in [3.8, 4) is 28.6 Å². The number of hydrogen-bond acceptors (Lipinski definition) is 7. The summed E-state index contributed by atoms with van der Waals surface area (Å²) >= 11 is 6.22. The zero-order chi connectivity index (χ0) is 24.9. The molecule has 0 spiro atoms. The standard InChI is InChI=1S/C26H27ClN4O4/c1-26(2)12-17-21(18(32)13-26)22(15-10-19(33-3)23(35-5)20(11-15)34-4)31-25(28-17)29-24(30-31)14-7-6-8-16(27)9-14/h6-11,22H,12-13H2,1-5H3,(H,28,29,30)/t22-/m0/s1. The molecule has 0 saturated carbocycles. The molecule has 5 rings (SSSR count). The summed E-state index contributed by atoms with van der Waals surface area (Å²) in [4.78, 5) is 18.3. The van der Waals surface area contributed by atoms with Crippen LogP contribution in [0.15, 0.2) is 47.7 Å². The Morgan fingerprint density at radius 1 is 1.06 bits per heavy atom. The minimum absolute atomic E-state index is 0.0768. The Bertz CT molecular complexity index is 1340. The van der Waals surface area contributed by atoms with E-state index in [1.54, 1.807) is 32.1 Å². The first-order chi connectivity index (χ1) is 16.7. The van der Waals surface area contributed by atoms with Gasteiger partial charge in [-0.25, -0.2) is 4.68 Å². The number of halogens is 1. The van der Waals surface area contributed by atoms with Crippen molar-refractivity contribution in [1.29, 1.82) is 0 Å². The molecule has 3 aromatic rings. The molecule has 1 aliphatic heterocycles. The second-order valence-corrected chi connectivity index (χ2v) is 9.97. The number of methoxy groups -OCH3 is 3. The number of rotatable bonds is 5. The van der Waals surface area contributed by atoms with E-state index in [0.29, 0.717) is 52.5 Å². The number of ether oxygens (including phenoxy) is 3. The predicted octanol–water partition coefficient (Wildman–Crippen LogP) is 5.28. The van der Waals surface area contributed by atoms with Crippen molar-refractivity contribution >= 4 is 23.3 Å². The second kappa shape index (κ2) is 8.61. The minimum Gasteiger partial charge on any atom is -0.493 e. The van der Waals surface area contributed by atoms with Crippen molar-refractivity contribution in [3.63, 3.8) is 0 Å². The SMILES string of the molecule is COc1cc([C@H]2C3=C(CC(C)(C)CC3=O)Nc3nc(-c4cccc(Cl)c4)nn32)cc(OC)c1OC. The Morgan fingerprint density at radius 2 is 1.77 bits per heavy atom. The third-order valence-electron chi connectivity index (χ3n) is 6.42. The maximum absolute atomic E-state index is 13.5. The van der Waals surface area contributed by atoms with Gasteiger partial charge in [0, 0.05) is 28.3 Å². The lowest BCUT2D eigenvalue weighted by Crippen LogP contribution is -2.36. The number of nitrogens with one attached hydrogen (secondary N) is 1. The van der Waals surface area contributed by atoms with E-state index < -0.39 is 6.04 Å². The molecule has 2 aliphatic rings. The zero-order valence-electron chi connectivity index (χ0n) is 20.3. The first-order valence-electron chi connectivity index (χ1n) is 11.3. The summed E-state index contributed by atoms with van der Waals surface area (Å²) in [6.07, 6.45) is 1.16. The van der Waals surface area contributed by atoms with E-state index in [2.05, 4.69) is 19.2 Å². The highest BCUT2D eigenvalue weighted by atomic mass is 35.5. The molecule has 2 aromatic carbocycles. The van der Waals surface area contributed by atoms with E-state index in [1.165, 1.54) is 0 Å². The molecule has 35 heavy (non-hydrogen) atoms. The van der Waals surface area contributed by atoms with Gasteiger partial charge in [0.25, 0.3) is 0 Å². The fourth-order valence-corrected chi connectivity index (χ4v) is 5.12. The molecular weight excluding hydrogens is 468 g/mol. The van der Waals surface area contributed by atoms with Gasteiger partial charge in [0.1, 0.15) is 6.04 Å². The lowest BCUT2D eigenvalue weighted by Gasteiger charge is -2.38. The minimum atomic E-state index is -0.515. The van der Waals surface area contributed by atoms with Gasteiger partial charge in [0.05, 0.1) is 21.3 Å². The molecule has 0 radical (unpaired) electrons. The Labute approximate surface area is 208 Å². The molecule has 0 unspecified atom stereocenters. The zero-order valence-corrected chi connectivity index (χ0v) is 21.1. The topological polar surface area (TPSA) is 87.5 Å². The molecule has 1 atom stereocenters. The molecule has 182 valence electrons. The number of benzene rings is 2. The number of carbonyl (C=O) groups is 1. The Kier molecular flexibility index (Phi) is 5.71. The molecule has 2 heterocycles. The van der Waals surface area contributed by atoms with Crippen LogP contribution in [0.5, 0.6) is 17.2 Å². The van der Waals surface area contributed by atoms with Gasteiger partial charge in [0.2, 0.25) is 11.7 Å². The maximum atomic E-state index is 13.5. The van der Waals surface area contributed by atoms with Crippen LogP contribution >= 0.6 is 11.6 Å². The lowest BCUT2D eigenvalue weighted by molar-refractivity contribution is -0.118. The average molecular weight is 495 g/mol. The quantitative estimate of drug-likeness (QED) is 0.516. The van der Waals surface area contributed by atoms with Crippen LogP contribution in [0.25, 0.3) is 11.4 Å². The Balaban J connectivity index is 1.73. The maximum Gasteiger partial charge on any atom is 0.226 e. The monoisotopic (exact) mass is 494 g/mol. The summed E-state index contributed by atoms with van der Waals surface area (Å²) < 4.78 is 18.5. The summed E-state index contributed by atoms with van der Waals surface area (Å²) in [5.74, 6) is 2.64. The van der Waals surface area contributed by atoms with Crippen LogP contribution in [0, 0.1) is 5.41 Å². The highest BCUT2D eigenvalue weighted by Crippen LogP contribution is 2.48. The number of allylic oxidation sites excluding steroid dienone is 2. The van der Waals surface area contributed by atoms with E-state index in [4.69, 9.17) is 35.9 Å². The average Bonchev–Trinajstić information content (AvgIpc) is 3.24. The van der Waals surface area contributed by atoms with Crippen LogP contribution in [-0.2, 0) is 4.79 Å². The first kappa shape index (κ1) is 23.2. The third kappa shape index (κ3) is 4.01. The highest BCUT2D eigenvalue weighted by molar-refractivity contribution is 6.30. The molecule has 0 saturated heterocycles. The molecule has 0 bridgehead atoms. The fourth-order valence-electron chi connectivity index (χ4n) is 4.93. The summed E-state index contributed by atoms with van der Waals surface area (Å²) in [6, 6.07) is 10.6. The van der Waals surface area contributed by atoms with Gasteiger partial charge in [-0.2, -0.15) is 4.98 Å². The molecule has 9 heteroatoms. The van der Waals surface area contributed by atoms with E-state index in [0.717, 1.165) is 16.8 Å². The third-order valence-corrected chi connectivity index (χ3v) is 6.65. The highest BCUT2D eigenvalue weighted by Gasteiger charge is 2.42. The van der Waals surface area contributed by atoms with Gasteiger partial charge in [-0.3, -0.25) is 4.79 Å². The number of carbonyl (C=O) groups excluding carboxylic acids is 1. The van der Waals surface area contributed by atoms with Crippen LogP contribution < -0.4 is 19.5 Å². The van der Waals surface area contributed by atoms with Crippen LogP contribution in [-0.4, -0.2) is 41.9 Å². The van der Waals surface area contributed by atoms with Crippen LogP contribution in [0.4, 0.5) is 5.95 Å². The molecule has 0 amide bonds. The number of Topliss-reactive ketones (excluding diaryl/α,β-unsaturated/α-hetero) is 1. The molecule has 8 nitrogen and oxygen atoms in total. The largest absolute Gasteiger partial charge is 0.493 e. The van der Waals surface area contributed by atoms with Crippen LogP contribution in [0.1, 0.15) is 38.3 Å². The smallest absolute Gasteiger partial charge is 0.226 e. The summed E-state index contributed by atoms with van der Waals surface area (Å²) in [5, 5.41) is 8.81. The van der Waals surface area contributed by atoms with Gasteiger partial charge in [-0.05, 0) is 41.7 Å². The van der Waals surface area contributed by atoms with Crippen molar-refractivity contribution in [1.82, 2.24) is 14.8 Å². The molecule has 1 aliphatic carbocycles. The van der Waals surface area contributed by atoms with Gasteiger partial charge in [0.15, 0.2) is 23.1 Å². The first-order valence-corrected chi connectivity index (χ1v) is 11.7. The predicted molar refractivity (Wildman–Crippen MR) is 133 cm³/mol. The molecule has 1 aromatic heterocycles. The van der Waals surface area contributed by atoms with E-state index >= 15 is 0 Å². The fraction of sp³-hybridized carbons (Fsp3) is 0.346. The van der Waals surface area contributed by atoms with Crippen molar-refractivity contribution in [2.75, 3.05) is 26.6 Å². The van der Waals surface area contributed by atoms with Crippen molar-refractivity contribution in [3.05, 3.63) is 58.3 Å². The van der Waals surface area contributed by atoms with E-state index in [-0.39, 0.29) is 11.2 Å².